The molecule has 0 N–H and O–H groups in total. The molecule has 0 saturated carbocycles. The molecule has 4 nitrogen and oxygen atoms in total. The van der Waals surface area contributed by atoms with Gasteiger partial charge in [0.25, 0.3) is 0 Å². The van der Waals surface area contributed by atoms with Crippen LogP contribution in [0.3, 0.4) is 0 Å². The summed E-state index contributed by atoms with van der Waals surface area (Å²) >= 11 is 0. The van der Waals surface area contributed by atoms with Gasteiger partial charge in [-0.2, -0.15) is 0 Å². The normalized spacial score (nSPS) is 21.4. The minimum Gasteiger partial charge on any atom is -0.491 e. The SMILES string of the molecule is O=S(=O)(c1ccccc1)C1CCC[C@@H](COc2ccc(F)cc2)O1. The van der Waals surface area contributed by atoms with Gasteiger partial charge in [-0.25, -0.2) is 12.8 Å². The van der Waals surface area contributed by atoms with Gasteiger partial charge >= 0.3 is 0 Å². The third-order valence-corrected chi connectivity index (χ3v) is 5.95. The van der Waals surface area contributed by atoms with Gasteiger partial charge in [0, 0.05) is 0 Å². The van der Waals surface area contributed by atoms with Crippen LogP contribution in [0.15, 0.2) is 59.5 Å². The lowest BCUT2D eigenvalue weighted by atomic mass is 10.1. The standard InChI is InChI=1S/C18H19FO4S/c19-14-9-11-15(12-10-14)22-13-16-5-4-8-18(23-16)24(20,21)17-6-2-1-3-7-17/h1-3,6-7,9-12,16,18H,4-5,8,13H2/t16-,18?/m0/s1. The highest BCUT2D eigenvalue weighted by Crippen LogP contribution is 2.28. The summed E-state index contributed by atoms with van der Waals surface area (Å²) in [5.41, 5.74) is -0.851. The number of rotatable bonds is 5. The van der Waals surface area contributed by atoms with E-state index in [1.165, 1.54) is 24.3 Å². The van der Waals surface area contributed by atoms with E-state index in [1.54, 1.807) is 30.3 Å². The van der Waals surface area contributed by atoms with Crippen LogP contribution in [0.4, 0.5) is 4.39 Å². The molecule has 1 fully saturated rings. The molecular formula is C18H19FO4S. The smallest absolute Gasteiger partial charge is 0.205 e. The van der Waals surface area contributed by atoms with Crippen molar-refractivity contribution in [1.82, 2.24) is 0 Å². The van der Waals surface area contributed by atoms with Gasteiger partial charge in [0.05, 0.1) is 11.0 Å². The summed E-state index contributed by atoms with van der Waals surface area (Å²) in [6.07, 6.45) is 1.67. The molecule has 3 rings (SSSR count). The number of ether oxygens (including phenoxy) is 2. The third kappa shape index (κ3) is 3.94. The van der Waals surface area contributed by atoms with Gasteiger partial charge in [-0.15, -0.1) is 0 Å². The van der Waals surface area contributed by atoms with E-state index in [1.807, 2.05) is 0 Å². The Kier molecular flexibility index (Phi) is 5.16. The average Bonchev–Trinajstić information content (AvgIpc) is 2.62. The molecule has 0 radical (unpaired) electrons. The molecule has 128 valence electrons. The van der Waals surface area contributed by atoms with Crippen molar-refractivity contribution >= 4 is 9.84 Å². The van der Waals surface area contributed by atoms with Crippen LogP contribution in [0.2, 0.25) is 0 Å². The summed E-state index contributed by atoms with van der Waals surface area (Å²) < 4.78 is 49.5. The van der Waals surface area contributed by atoms with Gasteiger partial charge in [0.2, 0.25) is 9.84 Å². The molecule has 2 atom stereocenters. The zero-order chi connectivity index (χ0) is 17.0. The fraction of sp³-hybridized carbons (Fsp3) is 0.333. The molecule has 0 aromatic heterocycles. The second kappa shape index (κ2) is 7.32. The Balaban J connectivity index is 1.63. The summed E-state index contributed by atoms with van der Waals surface area (Å²) in [4.78, 5) is 0.273. The van der Waals surface area contributed by atoms with Crippen LogP contribution in [0, 0.1) is 5.82 Å². The zero-order valence-corrected chi connectivity index (χ0v) is 13.9. The summed E-state index contributed by atoms with van der Waals surface area (Å²) in [6.45, 7) is 0.243. The molecule has 1 aliphatic heterocycles. The van der Waals surface area contributed by atoms with E-state index < -0.39 is 15.3 Å². The molecular weight excluding hydrogens is 331 g/mol. The predicted octanol–water partition coefficient (Wildman–Crippen LogP) is 3.57. The second-order valence-corrected chi connectivity index (χ2v) is 7.83. The van der Waals surface area contributed by atoms with Crippen molar-refractivity contribution in [2.75, 3.05) is 6.61 Å². The first-order valence-electron chi connectivity index (χ1n) is 7.88. The van der Waals surface area contributed by atoms with Gasteiger partial charge in [-0.05, 0) is 55.7 Å². The summed E-state index contributed by atoms with van der Waals surface area (Å²) in [7, 11) is -3.51. The predicted molar refractivity (Wildman–Crippen MR) is 88.0 cm³/mol. The monoisotopic (exact) mass is 350 g/mol. The minimum absolute atomic E-state index is 0.243. The van der Waals surface area contributed by atoms with Crippen molar-refractivity contribution in [2.24, 2.45) is 0 Å². The first-order valence-corrected chi connectivity index (χ1v) is 9.43. The number of benzene rings is 2. The average molecular weight is 350 g/mol. The first kappa shape index (κ1) is 16.9. The minimum atomic E-state index is -3.51. The molecule has 2 aromatic rings. The van der Waals surface area contributed by atoms with Crippen molar-refractivity contribution in [3.05, 3.63) is 60.4 Å². The third-order valence-electron chi connectivity index (χ3n) is 3.98. The quantitative estimate of drug-likeness (QED) is 0.827. The Morgan fingerprint density at radius 3 is 2.46 bits per heavy atom. The van der Waals surface area contributed by atoms with Crippen molar-refractivity contribution in [3.8, 4) is 5.75 Å². The molecule has 0 bridgehead atoms. The summed E-state index contributed by atoms with van der Waals surface area (Å²) in [6, 6.07) is 14.1. The zero-order valence-electron chi connectivity index (χ0n) is 13.1. The van der Waals surface area contributed by atoms with E-state index in [0.717, 1.165) is 12.8 Å². The highest BCUT2D eigenvalue weighted by Gasteiger charge is 2.33. The Morgan fingerprint density at radius 2 is 1.75 bits per heavy atom. The van der Waals surface area contributed by atoms with Crippen molar-refractivity contribution in [2.45, 2.75) is 35.7 Å². The van der Waals surface area contributed by atoms with Crippen molar-refractivity contribution in [1.29, 1.82) is 0 Å². The number of hydrogen-bond donors (Lipinski definition) is 0. The number of sulfone groups is 1. The van der Waals surface area contributed by atoms with E-state index in [-0.39, 0.29) is 23.4 Å². The van der Waals surface area contributed by atoms with Gasteiger partial charge in [0.15, 0.2) is 5.44 Å². The lowest BCUT2D eigenvalue weighted by Gasteiger charge is -2.29. The van der Waals surface area contributed by atoms with Gasteiger partial charge in [-0.1, -0.05) is 18.2 Å². The molecule has 1 unspecified atom stereocenters. The maximum atomic E-state index is 12.9. The highest BCUT2D eigenvalue weighted by atomic mass is 32.2. The van der Waals surface area contributed by atoms with E-state index in [2.05, 4.69) is 0 Å². The van der Waals surface area contributed by atoms with E-state index in [9.17, 15) is 12.8 Å². The molecule has 0 spiro atoms. The Hall–Kier alpha value is -1.92. The van der Waals surface area contributed by atoms with Gasteiger partial charge in [0.1, 0.15) is 18.2 Å². The van der Waals surface area contributed by atoms with Crippen LogP contribution < -0.4 is 4.74 Å². The fourth-order valence-electron chi connectivity index (χ4n) is 2.70. The Labute approximate surface area is 141 Å². The molecule has 1 aliphatic rings. The van der Waals surface area contributed by atoms with Crippen molar-refractivity contribution in [3.63, 3.8) is 0 Å². The molecule has 1 heterocycles. The van der Waals surface area contributed by atoms with Crippen molar-refractivity contribution < 1.29 is 22.3 Å². The second-order valence-electron chi connectivity index (χ2n) is 5.74. The molecule has 6 heteroatoms. The van der Waals surface area contributed by atoms with Crippen LogP contribution in [0.5, 0.6) is 5.75 Å². The molecule has 1 saturated heterocycles. The molecule has 24 heavy (non-hydrogen) atoms. The fourth-order valence-corrected chi connectivity index (χ4v) is 4.32. The summed E-state index contributed by atoms with van der Waals surface area (Å²) in [5.74, 6) is 0.207. The van der Waals surface area contributed by atoms with Crippen LogP contribution in [0.25, 0.3) is 0 Å². The Morgan fingerprint density at radius 1 is 1.04 bits per heavy atom. The van der Waals surface area contributed by atoms with Crippen LogP contribution >= 0.6 is 0 Å². The van der Waals surface area contributed by atoms with E-state index in [4.69, 9.17) is 9.47 Å². The highest BCUT2D eigenvalue weighted by molar-refractivity contribution is 7.91. The molecule has 2 aromatic carbocycles. The summed E-state index contributed by atoms with van der Waals surface area (Å²) in [5, 5.41) is 0. The van der Waals surface area contributed by atoms with Crippen LogP contribution in [-0.2, 0) is 14.6 Å². The largest absolute Gasteiger partial charge is 0.491 e. The van der Waals surface area contributed by atoms with Gasteiger partial charge < -0.3 is 9.47 Å². The van der Waals surface area contributed by atoms with Crippen LogP contribution in [0.1, 0.15) is 19.3 Å². The van der Waals surface area contributed by atoms with Crippen LogP contribution in [-0.4, -0.2) is 26.6 Å². The Bertz CT molecular complexity index is 759. The van der Waals surface area contributed by atoms with Gasteiger partial charge in [-0.3, -0.25) is 0 Å². The number of hydrogen-bond acceptors (Lipinski definition) is 4. The van der Waals surface area contributed by atoms with E-state index in [0.29, 0.717) is 12.2 Å². The maximum Gasteiger partial charge on any atom is 0.205 e. The maximum absolute atomic E-state index is 12.9. The molecule has 0 amide bonds. The lowest BCUT2D eigenvalue weighted by Crippen LogP contribution is -2.36. The number of halogens is 1. The first-order chi connectivity index (χ1) is 11.6. The molecule has 0 aliphatic carbocycles. The topological polar surface area (TPSA) is 52.6 Å². The van der Waals surface area contributed by atoms with E-state index >= 15 is 0 Å². The lowest BCUT2D eigenvalue weighted by molar-refractivity contribution is -0.0317.